The molecule has 0 aromatic heterocycles. The Balaban J connectivity index is 1.88. The van der Waals surface area contributed by atoms with E-state index in [0.29, 0.717) is 6.42 Å². The lowest BCUT2D eigenvalue weighted by Crippen LogP contribution is -2.56. The topological polar surface area (TPSA) is 177 Å². The Morgan fingerprint density at radius 3 is 1.93 bits per heavy atom. The van der Waals surface area contributed by atoms with Crippen LogP contribution in [0.1, 0.15) is 44.7 Å². The molecule has 0 spiro atoms. The number of aliphatic carboxylic acids is 1. The number of ether oxygens (including phenoxy) is 2. The van der Waals surface area contributed by atoms with E-state index >= 15 is 0 Å². The van der Waals surface area contributed by atoms with Gasteiger partial charge in [0, 0.05) is 6.42 Å². The molecule has 0 saturated heterocycles. The number of esters is 1. The molecule has 0 radical (unpaired) electrons. The van der Waals surface area contributed by atoms with Crippen molar-refractivity contribution in [2.45, 2.75) is 64.8 Å². The molecule has 0 heterocycles. The quantitative estimate of drug-likeness (QED) is 0.216. The Morgan fingerprint density at radius 1 is 0.762 bits per heavy atom. The van der Waals surface area contributed by atoms with Crippen molar-refractivity contribution in [2.75, 3.05) is 6.61 Å². The van der Waals surface area contributed by atoms with Crippen molar-refractivity contribution >= 4 is 35.6 Å². The summed E-state index contributed by atoms with van der Waals surface area (Å²) in [6.45, 7) is 3.99. The predicted molar refractivity (Wildman–Crippen MR) is 151 cm³/mol. The number of carboxylic acids is 1. The second-order valence-electron chi connectivity index (χ2n) is 9.93. The van der Waals surface area contributed by atoms with Gasteiger partial charge in [-0.3, -0.25) is 24.0 Å². The summed E-state index contributed by atoms with van der Waals surface area (Å²) in [5.74, 6) is -4.73. The molecular weight excluding hydrogens is 546 g/mol. The third-order valence-electron chi connectivity index (χ3n) is 6.11. The van der Waals surface area contributed by atoms with E-state index in [1.165, 1.54) is 6.92 Å². The first-order chi connectivity index (χ1) is 20.0. The summed E-state index contributed by atoms with van der Waals surface area (Å²) in [5, 5.41) is 16.4. The molecule has 2 aromatic rings. The summed E-state index contributed by atoms with van der Waals surface area (Å²) in [6, 6.07) is 14.4. The maximum absolute atomic E-state index is 12.9. The van der Waals surface area contributed by atoms with Crippen LogP contribution in [0.2, 0.25) is 0 Å². The Morgan fingerprint density at radius 2 is 1.36 bits per heavy atom. The second kappa shape index (κ2) is 17.2. The van der Waals surface area contributed by atoms with Crippen LogP contribution in [-0.4, -0.2) is 65.5 Å². The van der Waals surface area contributed by atoms with E-state index < -0.39 is 66.8 Å². The van der Waals surface area contributed by atoms with E-state index in [-0.39, 0.29) is 18.9 Å². The number of aryl methyl sites for hydroxylation is 1. The van der Waals surface area contributed by atoms with Gasteiger partial charge in [-0.15, -0.1) is 0 Å². The highest BCUT2D eigenvalue weighted by Crippen LogP contribution is 2.07. The molecule has 0 aliphatic heterocycles. The second-order valence-corrected chi connectivity index (χ2v) is 9.93. The summed E-state index contributed by atoms with van der Waals surface area (Å²) >= 11 is 0. The van der Waals surface area contributed by atoms with Crippen LogP contribution < -0.4 is 16.0 Å². The van der Waals surface area contributed by atoms with Crippen molar-refractivity contribution in [2.24, 2.45) is 5.92 Å². The van der Waals surface area contributed by atoms with Crippen molar-refractivity contribution in [1.29, 1.82) is 0 Å². The van der Waals surface area contributed by atoms with E-state index in [1.54, 1.807) is 38.1 Å². The SMILES string of the molecule is CC(C)[C@H](NC(=O)OCc1ccccc1)C(=O)N[C@@H](C)C(=O)NC(CC(=O)O)C(=O)COC(=O)CCc1ccccc1. The van der Waals surface area contributed by atoms with Gasteiger partial charge in [-0.05, 0) is 30.4 Å². The number of ketones is 1. The maximum Gasteiger partial charge on any atom is 0.408 e. The number of rotatable bonds is 16. The molecular formula is C30H37N3O9. The van der Waals surface area contributed by atoms with Crippen LogP contribution in [-0.2, 0) is 46.5 Å². The van der Waals surface area contributed by atoms with E-state index in [2.05, 4.69) is 16.0 Å². The standard InChI is InChI=1S/C30H37N3O9/c1-19(2)27(33-30(40)42-17-22-12-8-5-9-13-22)29(39)31-20(3)28(38)32-23(16-25(35)36)24(34)18-41-26(37)15-14-21-10-6-4-7-11-21/h4-13,19-20,23,27H,14-18H2,1-3H3,(H,31,39)(H,32,38)(H,33,40)(H,35,36)/t20-,23?,27-/m0/s1. The minimum atomic E-state index is -1.50. The van der Waals surface area contributed by atoms with E-state index in [1.807, 2.05) is 36.4 Å². The van der Waals surface area contributed by atoms with Gasteiger partial charge in [-0.2, -0.15) is 0 Å². The highest BCUT2D eigenvalue weighted by atomic mass is 16.5. The maximum atomic E-state index is 12.9. The van der Waals surface area contributed by atoms with Gasteiger partial charge in [-0.25, -0.2) is 4.79 Å². The van der Waals surface area contributed by atoms with Crippen molar-refractivity contribution in [3.05, 3.63) is 71.8 Å². The van der Waals surface area contributed by atoms with Gasteiger partial charge in [0.2, 0.25) is 11.8 Å². The fourth-order valence-corrected chi connectivity index (χ4v) is 3.73. The molecule has 3 atom stereocenters. The fourth-order valence-electron chi connectivity index (χ4n) is 3.73. The molecule has 3 amide bonds. The van der Waals surface area contributed by atoms with Gasteiger partial charge in [0.25, 0.3) is 0 Å². The first-order valence-electron chi connectivity index (χ1n) is 13.5. The lowest BCUT2D eigenvalue weighted by molar-refractivity contribution is -0.149. The minimum Gasteiger partial charge on any atom is -0.481 e. The number of hydrogen-bond acceptors (Lipinski definition) is 8. The molecule has 12 nitrogen and oxygen atoms in total. The number of alkyl carbamates (subject to hydrolysis) is 1. The number of nitrogens with one attached hydrogen (secondary N) is 3. The summed E-state index contributed by atoms with van der Waals surface area (Å²) < 4.78 is 10.1. The molecule has 0 saturated carbocycles. The summed E-state index contributed by atoms with van der Waals surface area (Å²) in [6.07, 6.45) is -1.16. The fraction of sp³-hybridized carbons (Fsp3) is 0.400. The lowest BCUT2D eigenvalue weighted by atomic mass is 10.0. The van der Waals surface area contributed by atoms with Gasteiger partial charge in [0.15, 0.2) is 12.4 Å². The van der Waals surface area contributed by atoms with Crippen molar-refractivity contribution in [3.8, 4) is 0 Å². The van der Waals surface area contributed by atoms with Crippen LogP contribution in [0, 0.1) is 5.92 Å². The Bertz CT molecular complexity index is 1220. The molecule has 12 heteroatoms. The van der Waals surface area contributed by atoms with Crippen molar-refractivity contribution in [1.82, 2.24) is 16.0 Å². The molecule has 2 rings (SSSR count). The third kappa shape index (κ3) is 12.2. The first kappa shape index (κ1) is 33.5. The highest BCUT2D eigenvalue weighted by molar-refractivity contribution is 5.96. The van der Waals surface area contributed by atoms with Crippen LogP contribution >= 0.6 is 0 Å². The van der Waals surface area contributed by atoms with Crippen molar-refractivity contribution in [3.63, 3.8) is 0 Å². The van der Waals surface area contributed by atoms with Crippen LogP contribution in [0.15, 0.2) is 60.7 Å². The molecule has 4 N–H and O–H groups in total. The molecule has 42 heavy (non-hydrogen) atoms. The van der Waals surface area contributed by atoms with E-state index in [0.717, 1.165) is 11.1 Å². The van der Waals surface area contributed by atoms with Crippen LogP contribution in [0.25, 0.3) is 0 Å². The summed E-state index contributed by atoms with van der Waals surface area (Å²) in [4.78, 5) is 73.9. The number of hydrogen-bond donors (Lipinski definition) is 4. The zero-order valence-corrected chi connectivity index (χ0v) is 23.8. The van der Waals surface area contributed by atoms with Crippen LogP contribution in [0.3, 0.4) is 0 Å². The zero-order valence-electron chi connectivity index (χ0n) is 23.8. The first-order valence-corrected chi connectivity index (χ1v) is 13.5. The van der Waals surface area contributed by atoms with Gasteiger partial charge in [-0.1, -0.05) is 74.5 Å². The monoisotopic (exact) mass is 583 g/mol. The third-order valence-corrected chi connectivity index (χ3v) is 6.11. The molecule has 0 bridgehead atoms. The minimum absolute atomic E-state index is 0.000746. The van der Waals surface area contributed by atoms with Gasteiger partial charge >= 0.3 is 18.0 Å². The summed E-state index contributed by atoms with van der Waals surface area (Å²) in [5.41, 5.74) is 1.67. The lowest BCUT2D eigenvalue weighted by Gasteiger charge is -2.24. The zero-order chi connectivity index (χ0) is 31.1. The van der Waals surface area contributed by atoms with Gasteiger partial charge in [0.1, 0.15) is 24.7 Å². The van der Waals surface area contributed by atoms with Crippen molar-refractivity contribution < 1.29 is 43.3 Å². The number of carbonyl (C=O) groups is 6. The van der Waals surface area contributed by atoms with Gasteiger partial charge < -0.3 is 30.5 Å². The smallest absolute Gasteiger partial charge is 0.408 e. The van der Waals surface area contributed by atoms with E-state index in [4.69, 9.17) is 9.47 Å². The molecule has 0 aliphatic rings. The Labute approximate surface area is 244 Å². The number of Topliss-reactive ketones (excluding diaryl/α,β-unsaturated/α-hetero) is 1. The number of benzene rings is 2. The van der Waals surface area contributed by atoms with Gasteiger partial charge in [0.05, 0.1) is 6.42 Å². The predicted octanol–water partition coefficient (Wildman–Crippen LogP) is 2.15. The molecule has 226 valence electrons. The average Bonchev–Trinajstić information content (AvgIpc) is 2.96. The molecule has 2 aromatic carbocycles. The highest BCUT2D eigenvalue weighted by Gasteiger charge is 2.30. The Hall–Kier alpha value is -4.74. The summed E-state index contributed by atoms with van der Waals surface area (Å²) in [7, 11) is 0. The van der Waals surface area contributed by atoms with E-state index in [9.17, 15) is 33.9 Å². The Kier molecular flexibility index (Phi) is 13.7. The largest absolute Gasteiger partial charge is 0.481 e. The van der Waals surface area contributed by atoms with Crippen LogP contribution in [0.4, 0.5) is 4.79 Å². The molecule has 1 unspecified atom stereocenters. The molecule has 0 fully saturated rings. The number of amides is 3. The average molecular weight is 584 g/mol. The number of carbonyl (C=O) groups excluding carboxylic acids is 5. The normalized spacial score (nSPS) is 12.8. The molecule has 0 aliphatic carbocycles. The number of carboxylic acid groups (broad SMARTS) is 1. The van der Waals surface area contributed by atoms with Crippen LogP contribution in [0.5, 0.6) is 0 Å².